The van der Waals surface area contributed by atoms with E-state index < -0.39 is 0 Å². The third kappa shape index (κ3) is 3.92. The van der Waals surface area contributed by atoms with Crippen molar-refractivity contribution < 1.29 is 9.53 Å². The smallest absolute Gasteiger partial charge is 0.295 e. The van der Waals surface area contributed by atoms with Crippen molar-refractivity contribution >= 4 is 5.91 Å². The molecule has 2 fully saturated rings. The molecule has 0 bridgehead atoms. The zero-order chi connectivity index (χ0) is 16.2. The van der Waals surface area contributed by atoms with Crippen LogP contribution in [0.1, 0.15) is 31.6 Å². The molecular formula is C17H24N4O2. The number of aryl methyl sites for hydroxylation is 1. The van der Waals surface area contributed by atoms with Crippen LogP contribution in [-0.2, 0) is 16.6 Å². The fourth-order valence-electron chi connectivity index (χ4n) is 2.94. The molecule has 0 radical (unpaired) electrons. The van der Waals surface area contributed by atoms with Crippen LogP contribution in [0.5, 0.6) is 0 Å². The van der Waals surface area contributed by atoms with Crippen LogP contribution in [0, 0.1) is 17.8 Å². The van der Waals surface area contributed by atoms with Gasteiger partial charge in [0.2, 0.25) is 0 Å². The van der Waals surface area contributed by atoms with E-state index in [-0.39, 0.29) is 18.1 Å². The third-order valence-electron chi connectivity index (χ3n) is 4.42. The fourth-order valence-corrected chi connectivity index (χ4v) is 2.94. The number of nitrogens with one attached hydrogen (secondary N) is 1. The molecule has 6 nitrogen and oxygen atoms in total. The maximum atomic E-state index is 11.9. The number of ether oxygens (including phenoxy) is 1. The Hall–Kier alpha value is -1.84. The van der Waals surface area contributed by atoms with Crippen LogP contribution >= 0.6 is 0 Å². The van der Waals surface area contributed by atoms with E-state index in [9.17, 15) is 4.79 Å². The molecule has 1 aliphatic carbocycles. The van der Waals surface area contributed by atoms with E-state index in [1.165, 1.54) is 0 Å². The average Bonchev–Trinajstić information content (AvgIpc) is 3.30. The molecule has 1 saturated carbocycles. The highest BCUT2D eigenvalue weighted by Crippen LogP contribution is 2.28. The first kappa shape index (κ1) is 16.0. The minimum atomic E-state index is -0.215. The van der Waals surface area contributed by atoms with Gasteiger partial charge in [-0.3, -0.25) is 9.69 Å². The molecule has 1 aromatic heterocycles. The van der Waals surface area contributed by atoms with Gasteiger partial charge in [0.05, 0.1) is 18.8 Å². The number of hydrogen-bond donors (Lipinski definition) is 1. The summed E-state index contributed by atoms with van der Waals surface area (Å²) in [6.07, 6.45) is 5.87. The third-order valence-corrected chi connectivity index (χ3v) is 4.42. The first-order chi connectivity index (χ1) is 11.2. The van der Waals surface area contributed by atoms with Gasteiger partial charge in [0, 0.05) is 38.4 Å². The van der Waals surface area contributed by atoms with Crippen LogP contribution in [0.4, 0.5) is 0 Å². The summed E-state index contributed by atoms with van der Waals surface area (Å²) >= 11 is 0. The van der Waals surface area contributed by atoms with Gasteiger partial charge < -0.3 is 14.6 Å². The fraction of sp³-hybridized carbons (Fsp3) is 0.647. The maximum absolute atomic E-state index is 11.9. The second kappa shape index (κ2) is 7.16. The number of hydrogen-bond acceptors (Lipinski definition) is 4. The number of imidazole rings is 1. The Balaban J connectivity index is 1.66. The molecular weight excluding hydrogens is 292 g/mol. The molecule has 2 atom stereocenters. The van der Waals surface area contributed by atoms with E-state index in [1.54, 1.807) is 6.20 Å². The van der Waals surface area contributed by atoms with Gasteiger partial charge >= 0.3 is 0 Å². The molecule has 0 aromatic carbocycles. The van der Waals surface area contributed by atoms with Gasteiger partial charge in [0.15, 0.2) is 0 Å². The summed E-state index contributed by atoms with van der Waals surface area (Å²) < 4.78 is 7.95. The highest BCUT2D eigenvalue weighted by Gasteiger charge is 2.35. The molecule has 2 aliphatic rings. The Morgan fingerprint density at radius 2 is 2.35 bits per heavy atom. The van der Waals surface area contributed by atoms with Gasteiger partial charge in [-0.15, -0.1) is 0 Å². The number of likely N-dealkylation sites (N-methyl/N-ethyl adjacent to an activating group) is 1. The highest BCUT2D eigenvalue weighted by molar-refractivity contribution is 5.93. The number of carbonyl (C=O) groups excluding carboxylic acids is 1. The average molecular weight is 316 g/mol. The Morgan fingerprint density at radius 3 is 3.00 bits per heavy atom. The summed E-state index contributed by atoms with van der Waals surface area (Å²) in [6.45, 7) is 5.06. The van der Waals surface area contributed by atoms with E-state index >= 15 is 0 Å². The minimum absolute atomic E-state index is 0.0467. The summed E-state index contributed by atoms with van der Waals surface area (Å²) in [7, 11) is 1.99. The Labute approximate surface area is 137 Å². The molecule has 1 amide bonds. The zero-order valence-electron chi connectivity index (χ0n) is 13.8. The molecule has 0 unspecified atom stereocenters. The van der Waals surface area contributed by atoms with Crippen molar-refractivity contribution in [1.29, 1.82) is 0 Å². The summed E-state index contributed by atoms with van der Waals surface area (Å²) in [5, 5.41) is 2.89. The Morgan fingerprint density at radius 1 is 1.52 bits per heavy atom. The van der Waals surface area contributed by atoms with Crippen molar-refractivity contribution in [3.8, 4) is 11.8 Å². The standard InChI is InChI=1S/C17H24N4O2/c1-3-21-10-11-23-14(16(21)17-18-8-9-20(17)2)12-19-15(22)7-6-13-4-5-13/h8-9,13-14,16H,3-5,10-12H2,1-2H3,(H,19,22)/t14-,16+/m0/s1. The highest BCUT2D eigenvalue weighted by atomic mass is 16.5. The summed E-state index contributed by atoms with van der Waals surface area (Å²) in [5.74, 6) is 6.85. The van der Waals surface area contributed by atoms with Crippen molar-refractivity contribution in [2.24, 2.45) is 13.0 Å². The second-order valence-electron chi connectivity index (χ2n) is 6.13. The first-order valence-corrected chi connectivity index (χ1v) is 8.31. The molecule has 124 valence electrons. The normalized spacial score (nSPS) is 24.8. The lowest BCUT2D eigenvalue weighted by Crippen LogP contribution is -2.50. The molecule has 0 spiro atoms. The van der Waals surface area contributed by atoms with Crippen LogP contribution in [0.2, 0.25) is 0 Å². The lowest BCUT2D eigenvalue weighted by molar-refractivity contribution is -0.118. The van der Waals surface area contributed by atoms with E-state index in [4.69, 9.17) is 4.74 Å². The molecule has 1 aliphatic heterocycles. The van der Waals surface area contributed by atoms with Crippen LogP contribution in [0.25, 0.3) is 0 Å². The summed E-state index contributed by atoms with van der Waals surface area (Å²) in [6, 6.07) is 0.0467. The molecule has 6 heteroatoms. The van der Waals surface area contributed by atoms with Crippen molar-refractivity contribution in [2.45, 2.75) is 31.9 Å². The number of morpholine rings is 1. The van der Waals surface area contributed by atoms with E-state index in [1.807, 2.05) is 17.8 Å². The predicted molar refractivity (Wildman–Crippen MR) is 86.4 cm³/mol. The largest absolute Gasteiger partial charge is 0.373 e. The molecule has 3 rings (SSSR count). The Bertz CT molecular complexity index is 612. The topological polar surface area (TPSA) is 59.4 Å². The van der Waals surface area contributed by atoms with Crippen LogP contribution < -0.4 is 5.32 Å². The number of rotatable bonds is 4. The molecule has 1 saturated heterocycles. The Kier molecular flexibility index (Phi) is 4.99. The molecule has 1 N–H and O–H groups in total. The molecule has 2 heterocycles. The number of nitrogens with zero attached hydrogens (tertiary/aromatic N) is 3. The van der Waals surface area contributed by atoms with Gasteiger partial charge in [-0.25, -0.2) is 4.98 Å². The second-order valence-corrected chi connectivity index (χ2v) is 6.13. The lowest BCUT2D eigenvalue weighted by atomic mass is 10.1. The van der Waals surface area contributed by atoms with Crippen molar-refractivity contribution in [3.05, 3.63) is 18.2 Å². The SMILES string of the molecule is CCN1CCO[C@@H](CNC(=O)C#CC2CC2)[C@@H]1c1nccn1C. The van der Waals surface area contributed by atoms with Crippen molar-refractivity contribution in [1.82, 2.24) is 19.8 Å². The van der Waals surface area contributed by atoms with Gasteiger partial charge in [-0.05, 0) is 25.3 Å². The van der Waals surface area contributed by atoms with E-state index in [2.05, 4.69) is 34.0 Å². The summed E-state index contributed by atoms with van der Waals surface area (Å²) in [4.78, 5) is 18.7. The monoisotopic (exact) mass is 316 g/mol. The number of amides is 1. The molecule has 1 aromatic rings. The van der Waals surface area contributed by atoms with Crippen LogP contribution in [0.3, 0.4) is 0 Å². The van der Waals surface area contributed by atoms with Crippen molar-refractivity contribution in [3.63, 3.8) is 0 Å². The minimum Gasteiger partial charge on any atom is -0.373 e. The van der Waals surface area contributed by atoms with Crippen LogP contribution in [-0.4, -0.2) is 52.7 Å². The lowest BCUT2D eigenvalue weighted by Gasteiger charge is -2.40. The van der Waals surface area contributed by atoms with Crippen molar-refractivity contribution in [2.75, 3.05) is 26.2 Å². The van der Waals surface area contributed by atoms with Gasteiger partial charge in [-0.2, -0.15) is 0 Å². The number of carbonyl (C=O) groups is 1. The van der Waals surface area contributed by atoms with Gasteiger partial charge in [0.1, 0.15) is 5.82 Å². The molecule has 23 heavy (non-hydrogen) atoms. The number of aromatic nitrogens is 2. The van der Waals surface area contributed by atoms with E-state index in [0.717, 1.165) is 31.8 Å². The van der Waals surface area contributed by atoms with E-state index in [0.29, 0.717) is 19.1 Å². The van der Waals surface area contributed by atoms with Gasteiger partial charge in [0.25, 0.3) is 5.91 Å². The van der Waals surface area contributed by atoms with Gasteiger partial charge in [-0.1, -0.05) is 12.8 Å². The first-order valence-electron chi connectivity index (χ1n) is 8.31. The quantitative estimate of drug-likeness (QED) is 0.831. The van der Waals surface area contributed by atoms with Crippen LogP contribution in [0.15, 0.2) is 12.4 Å². The maximum Gasteiger partial charge on any atom is 0.295 e. The predicted octanol–water partition coefficient (Wildman–Crippen LogP) is 0.711. The summed E-state index contributed by atoms with van der Waals surface area (Å²) in [5.41, 5.74) is 0. The zero-order valence-corrected chi connectivity index (χ0v) is 13.8.